The average Bonchev–Trinajstić information content (AvgIpc) is 3.45. The molecule has 6 nitrogen and oxygen atoms in total. The first-order chi connectivity index (χ1) is 15.8. The highest BCUT2D eigenvalue weighted by Crippen LogP contribution is 2.54. The van der Waals surface area contributed by atoms with Gasteiger partial charge in [-0.05, 0) is 88.2 Å². The van der Waals surface area contributed by atoms with Crippen LogP contribution >= 0.6 is 0 Å². The molecule has 1 aromatic carbocycles. The van der Waals surface area contributed by atoms with Crippen molar-refractivity contribution in [1.82, 2.24) is 9.80 Å². The number of hydrogen-bond acceptors (Lipinski definition) is 4. The van der Waals surface area contributed by atoms with Gasteiger partial charge in [0.15, 0.2) is 0 Å². The highest BCUT2D eigenvalue weighted by atomic mass is 19.1. The fraction of sp³-hybridized carbons (Fsp3) is 0.692. The molecule has 0 radical (unpaired) electrons. The van der Waals surface area contributed by atoms with Crippen LogP contribution in [0.5, 0.6) is 5.75 Å². The van der Waals surface area contributed by atoms with E-state index in [1.54, 1.807) is 11.0 Å². The number of rotatable bonds is 7. The molecule has 4 aliphatic rings. The normalized spacial score (nSPS) is 23.0. The average molecular weight is 459 g/mol. The van der Waals surface area contributed by atoms with E-state index >= 15 is 0 Å². The number of likely N-dealkylation sites (tertiary alicyclic amines) is 2. The van der Waals surface area contributed by atoms with Crippen molar-refractivity contribution in [2.45, 2.75) is 70.3 Å². The first kappa shape index (κ1) is 22.5. The van der Waals surface area contributed by atoms with Gasteiger partial charge in [0.2, 0.25) is 0 Å². The second kappa shape index (κ2) is 8.80. The van der Waals surface area contributed by atoms with Gasteiger partial charge in [-0.25, -0.2) is 9.18 Å². The van der Waals surface area contributed by atoms with Gasteiger partial charge in [-0.1, -0.05) is 0 Å². The number of carbonyl (C=O) groups excluding carboxylic acids is 2. The standard InChI is InChI=1S/C26H35FN2O4/c1-25(7-8-25)33-24(31)29-13-9-26(10-14-29)17-19(18-26)4-2-15-32-20-5-6-21(22(27)16-20)23(30)28-11-3-12-28/h5-6,16,19H,2-4,7-15,17-18H2,1H3. The van der Waals surface area contributed by atoms with Crippen molar-refractivity contribution >= 4 is 12.0 Å². The van der Waals surface area contributed by atoms with Gasteiger partial charge in [-0.15, -0.1) is 0 Å². The number of amides is 2. The molecule has 2 aliphatic carbocycles. The molecule has 33 heavy (non-hydrogen) atoms. The lowest BCUT2D eigenvalue weighted by atomic mass is 9.56. The zero-order valence-corrected chi connectivity index (χ0v) is 19.6. The zero-order valence-electron chi connectivity index (χ0n) is 19.6. The van der Waals surface area contributed by atoms with Crippen LogP contribution in [0.4, 0.5) is 9.18 Å². The second-order valence-corrected chi connectivity index (χ2v) is 10.9. The molecule has 1 spiro atoms. The summed E-state index contributed by atoms with van der Waals surface area (Å²) in [6.07, 6.45) is 9.50. The SMILES string of the molecule is CC1(OC(=O)N2CCC3(CC2)CC(CCCOc2ccc(C(=O)N4CCC4)c(F)c2)C3)CC1. The number of hydrogen-bond donors (Lipinski definition) is 0. The Morgan fingerprint density at radius 1 is 1.06 bits per heavy atom. The van der Waals surface area contributed by atoms with Gasteiger partial charge >= 0.3 is 6.09 Å². The minimum atomic E-state index is -0.508. The lowest BCUT2D eigenvalue weighted by Gasteiger charge is -2.52. The molecule has 4 fully saturated rings. The van der Waals surface area contributed by atoms with Crippen molar-refractivity contribution < 1.29 is 23.5 Å². The molecule has 2 saturated heterocycles. The van der Waals surface area contributed by atoms with Crippen LogP contribution in [0.15, 0.2) is 18.2 Å². The highest BCUT2D eigenvalue weighted by molar-refractivity contribution is 5.95. The summed E-state index contributed by atoms with van der Waals surface area (Å²) in [7, 11) is 0. The van der Waals surface area contributed by atoms with E-state index in [4.69, 9.17) is 9.47 Å². The summed E-state index contributed by atoms with van der Waals surface area (Å²) in [6.45, 7) is 5.62. The van der Waals surface area contributed by atoms with Crippen molar-refractivity contribution in [2.75, 3.05) is 32.8 Å². The molecule has 0 unspecified atom stereocenters. The van der Waals surface area contributed by atoms with Gasteiger partial charge < -0.3 is 19.3 Å². The molecule has 0 aromatic heterocycles. The summed E-state index contributed by atoms with van der Waals surface area (Å²) >= 11 is 0. The van der Waals surface area contributed by atoms with Crippen LogP contribution in [-0.4, -0.2) is 60.2 Å². The Morgan fingerprint density at radius 2 is 1.79 bits per heavy atom. The maximum absolute atomic E-state index is 14.3. The molecule has 0 atom stereocenters. The number of nitrogens with zero attached hydrogens (tertiary/aromatic N) is 2. The Labute approximate surface area is 195 Å². The monoisotopic (exact) mass is 458 g/mol. The van der Waals surface area contributed by atoms with Crippen LogP contribution < -0.4 is 4.74 Å². The van der Waals surface area contributed by atoms with Crippen molar-refractivity contribution in [3.05, 3.63) is 29.6 Å². The fourth-order valence-corrected chi connectivity index (χ4v) is 5.51. The van der Waals surface area contributed by atoms with E-state index < -0.39 is 5.82 Å². The van der Waals surface area contributed by atoms with Crippen LogP contribution in [0, 0.1) is 17.2 Å². The summed E-state index contributed by atoms with van der Waals surface area (Å²) in [5, 5.41) is 0. The lowest BCUT2D eigenvalue weighted by Crippen LogP contribution is -2.49. The highest BCUT2D eigenvalue weighted by Gasteiger charge is 2.47. The van der Waals surface area contributed by atoms with Gasteiger partial charge in [0.25, 0.3) is 5.91 Å². The van der Waals surface area contributed by atoms with Crippen molar-refractivity contribution in [1.29, 1.82) is 0 Å². The van der Waals surface area contributed by atoms with E-state index in [-0.39, 0.29) is 23.2 Å². The van der Waals surface area contributed by atoms with Crippen molar-refractivity contribution in [3.8, 4) is 5.75 Å². The zero-order chi connectivity index (χ0) is 23.1. The van der Waals surface area contributed by atoms with E-state index in [2.05, 4.69) is 0 Å². The third-order valence-electron chi connectivity index (χ3n) is 8.15. The topological polar surface area (TPSA) is 59.1 Å². The van der Waals surface area contributed by atoms with Crippen molar-refractivity contribution in [2.24, 2.45) is 11.3 Å². The minimum Gasteiger partial charge on any atom is -0.493 e. The molecule has 0 bridgehead atoms. The van der Waals surface area contributed by atoms with Gasteiger partial charge in [-0.3, -0.25) is 4.79 Å². The van der Waals surface area contributed by atoms with Crippen LogP contribution in [0.2, 0.25) is 0 Å². The van der Waals surface area contributed by atoms with Crippen LogP contribution in [0.1, 0.15) is 75.1 Å². The summed E-state index contributed by atoms with van der Waals surface area (Å²) in [5.74, 6) is 0.457. The number of benzene rings is 1. The molecule has 2 aliphatic heterocycles. The summed E-state index contributed by atoms with van der Waals surface area (Å²) in [4.78, 5) is 28.0. The summed E-state index contributed by atoms with van der Waals surface area (Å²) in [5.41, 5.74) is 0.339. The van der Waals surface area contributed by atoms with Crippen LogP contribution in [-0.2, 0) is 4.74 Å². The Balaban J connectivity index is 0.983. The van der Waals surface area contributed by atoms with E-state index in [1.165, 1.54) is 25.0 Å². The number of ether oxygens (including phenoxy) is 2. The summed E-state index contributed by atoms with van der Waals surface area (Å²) in [6, 6.07) is 4.55. The predicted octanol–water partition coefficient (Wildman–Crippen LogP) is 5.01. The van der Waals surface area contributed by atoms with Crippen LogP contribution in [0.25, 0.3) is 0 Å². The minimum absolute atomic E-state index is 0.128. The van der Waals surface area contributed by atoms with Gasteiger partial charge in [-0.2, -0.15) is 0 Å². The Kier molecular flexibility index (Phi) is 6.00. The van der Waals surface area contributed by atoms with E-state index in [9.17, 15) is 14.0 Å². The molecule has 2 saturated carbocycles. The molecule has 0 N–H and O–H groups in total. The van der Waals surface area contributed by atoms with E-state index in [0.29, 0.717) is 36.8 Å². The number of halogens is 1. The largest absolute Gasteiger partial charge is 0.493 e. The molecule has 2 heterocycles. The Morgan fingerprint density at radius 3 is 2.39 bits per heavy atom. The Bertz CT molecular complexity index is 896. The maximum Gasteiger partial charge on any atom is 0.410 e. The third kappa shape index (κ3) is 4.97. The number of piperidine rings is 1. The molecule has 180 valence electrons. The van der Waals surface area contributed by atoms with Crippen molar-refractivity contribution in [3.63, 3.8) is 0 Å². The quantitative estimate of drug-likeness (QED) is 0.539. The molecule has 7 heteroatoms. The predicted molar refractivity (Wildman–Crippen MR) is 122 cm³/mol. The lowest BCUT2D eigenvalue weighted by molar-refractivity contribution is -0.0231. The van der Waals surface area contributed by atoms with Gasteiger partial charge in [0.05, 0.1) is 12.2 Å². The first-order valence-electron chi connectivity index (χ1n) is 12.5. The molecule has 2 amide bonds. The molecule has 1 aromatic rings. The third-order valence-corrected chi connectivity index (χ3v) is 8.15. The molecular formula is C26H35FN2O4. The Hall–Kier alpha value is -2.31. The van der Waals surface area contributed by atoms with Gasteiger partial charge in [0, 0.05) is 32.2 Å². The number of carbonyl (C=O) groups is 2. The van der Waals surface area contributed by atoms with E-state index in [0.717, 1.165) is 58.0 Å². The van der Waals surface area contributed by atoms with E-state index in [1.807, 2.05) is 11.8 Å². The van der Waals surface area contributed by atoms with Crippen LogP contribution in [0.3, 0.4) is 0 Å². The maximum atomic E-state index is 14.3. The smallest absolute Gasteiger partial charge is 0.410 e. The summed E-state index contributed by atoms with van der Waals surface area (Å²) < 4.78 is 25.7. The van der Waals surface area contributed by atoms with Gasteiger partial charge in [0.1, 0.15) is 17.2 Å². The fourth-order valence-electron chi connectivity index (χ4n) is 5.51. The molecule has 5 rings (SSSR count). The second-order valence-electron chi connectivity index (χ2n) is 10.9. The first-order valence-corrected chi connectivity index (χ1v) is 12.5. The molecular weight excluding hydrogens is 423 g/mol.